The van der Waals surface area contributed by atoms with Crippen LogP contribution >= 0.6 is 0 Å². The van der Waals surface area contributed by atoms with Crippen LogP contribution in [0.1, 0.15) is 24.0 Å². The molecule has 1 saturated carbocycles. The third kappa shape index (κ3) is 3.14. The number of fused-ring (bicyclic) bond motifs is 1. The van der Waals surface area contributed by atoms with Crippen molar-refractivity contribution in [2.45, 2.75) is 24.7 Å². The Labute approximate surface area is 144 Å². The van der Waals surface area contributed by atoms with Crippen molar-refractivity contribution in [3.63, 3.8) is 0 Å². The van der Waals surface area contributed by atoms with E-state index in [-0.39, 0.29) is 29.4 Å². The molecule has 1 fully saturated rings. The molecule has 0 radical (unpaired) electrons. The molecule has 2 aromatic carbocycles. The molecule has 0 atom stereocenters. The molecular weight excluding hydrogens is 322 g/mol. The normalized spacial score (nSPS) is 15.3. The van der Waals surface area contributed by atoms with E-state index in [4.69, 9.17) is 0 Å². The molecule has 0 bridgehead atoms. The maximum absolute atomic E-state index is 13.6. The Bertz CT molecular complexity index is 944. The van der Waals surface area contributed by atoms with Gasteiger partial charge in [-0.05, 0) is 54.3 Å². The number of carbonyl (C=O) groups excluding carboxylic acids is 1. The fraction of sp³-hybridized carbons (Fsp3) is 0.250. The predicted molar refractivity (Wildman–Crippen MR) is 92.3 cm³/mol. The standard InChI is InChI=1S/C20H18F2N2O/c21-14-3-1-2-13(8-14)9-19(25)24-12-20(6-7-20)17-11-23-18-5-4-15(22)10-16(17)18/h1-5,8,10-11,23H,6-7,9,12H2,(H,24,25). The summed E-state index contributed by atoms with van der Waals surface area (Å²) in [5.74, 6) is -0.744. The van der Waals surface area contributed by atoms with Crippen molar-refractivity contribution in [2.75, 3.05) is 6.54 Å². The van der Waals surface area contributed by atoms with Crippen LogP contribution in [0.4, 0.5) is 8.78 Å². The number of H-pyrrole nitrogens is 1. The molecule has 0 spiro atoms. The zero-order chi connectivity index (χ0) is 17.4. The highest BCUT2D eigenvalue weighted by Crippen LogP contribution is 2.50. The van der Waals surface area contributed by atoms with Crippen LogP contribution in [0.2, 0.25) is 0 Å². The molecule has 3 aromatic rings. The molecular formula is C20H18F2N2O. The number of aromatic amines is 1. The van der Waals surface area contributed by atoms with E-state index in [9.17, 15) is 13.6 Å². The number of amides is 1. The van der Waals surface area contributed by atoms with E-state index in [1.165, 1.54) is 24.3 Å². The number of carbonyl (C=O) groups is 1. The summed E-state index contributed by atoms with van der Waals surface area (Å²) in [7, 11) is 0. The van der Waals surface area contributed by atoms with E-state index < -0.39 is 0 Å². The fourth-order valence-corrected chi connectivity index (χ4v) is 3.39. The van der Waals surface area contributed by atoms with Crippen molar-refractivity contribution in [3.05, 3.63) is 71.4 Å². The number of hydrogen-bond acceptors (Lipinski definition) is 1. The van der Waals surface area contributed by atoms with Crippen LogP contribution in [-0.4, -0.2) is 17.4 Å². The number of rotatable bonds is 5. The molecule has 0 unspecified atom stereocenters. The van der Waals surface area contributed by atoms with Gasteiger partial charge in [-0.3, -0.25) is 4.79 Å². The Morgan fingerprint density at radius 2 is 1.92 bits per heavy atom. The van der Waals surface area contributed by atoms with Gasteiger partial charge in [-0.15, -0.1) is 0 Å². The lowest BCUT2D eigenvalue weighted by Gasteiger charge is -2.16. The molecule has 25 heavy (non-hydrogen) atoms. The van der Waals surface area contributed by atoms with E-state index in [0.717, 1.165) is 29.3 Å². The predicted octanol–water partition coefficient (Wildman–Crippen LogP) is 3.84. The second-order valence-electron chi connectivity index (χ2n) is 6.76. The summed E-state index contributed by atoms with van der Waals surface area (Å²) in [6.07, 6.45) is 3.97. The number of halogens is 2. The first-order valence-corrected chi connectivity index (χ1v) is 8.34. The molecule has 1 heterocycles. The number of hydrogen-bond donors (Lipinski definition) is 2. The van der Waals surface area contributed by atoms with Crippen LogP contribution in [0.25, 0.3) is 10.9 Å². The van der Waals surface area contributed by atoms with Gasteiger partial charge in [-0.25, -0.2) is 8.78 Å². The number of aromatic nitrogens is 1. The van der Waals surface area contributed by atoms with E-state index in [2.05, 4.69) is 10.3 Å². The SMILES string of the molecule is O=C(Cc1cccc(F)c1)NCC1(c2c[nH]c3ccc(F)cc23)CC1. The maximum Gasteiger partial charge on any atom is 0.224 e. The monoisotopic (exact) mass is 340 g/mol. The quantitative estimate of drug-likeness (QED) is 0.728. The first-order valence-electron chi connectivity index (χ1n) is 8.34. The van der Waals surface area contributed by atoms with Gasteiger partial charge in [0.2, 0.25) is 5.91 Å². The molecule has 4 rings (SSSR count). The topological polar surface area (TPSA) is 44.9 Å². The highest BCUT2D eigenvalue weighted by atomic mass is 19.1. The van der Waals surface area contributed by atoms with Gasteiger partial charge in [0.1, 0.15) is 11.6 Å². The summed E-state index contributed by atoms with van der Waals surface area (Å²) < 4.78 is 26.8. The van der Waals surface area contributed by atoms with Crippen molar-refractivity contribution < 1.29 is 13.6 Å². The van der Waals surface area contributed by atoms with E-state index in [1.54, 1.807) is 18.2 Å². The molecule has 5 heteroatoms. The largest absolute Gasteiger partial charge is 0.361 e. The van der Waals surface area contributed by atoms with Crippen molar-refractivity contribution in [1.29, 1.82) is 0 Å². The maximum atomic E-state index is 13.6. The molecule has 0 aliphatic heterocycles. The second-order valence-corrected chi connectivity index (χ2v) is 6.76. The lowest BCUT2D eigenvalue weighted by molar-refractivity contribution is -0.120. The van der Waals surface area contributed by atoms with E-state index >= 15 is 0 Å². The van der Waals surface area contributed by atoms with Gasteiger partial charge < -0.3 is 10.3 Å². The lowest BCUT2D eigenvalue weighted by Crippen LogP contribution is -2.33. The van der Waals surface area contributed by atoms with Crippen LogP contribution < -0.4 is 5.32 Å². The van der Waals surface area contributed by atoms with Crippen LogP contribution in [0.3, 0.4) is 0 Å². The van der Waals surface area contributed by atoms with Gasteiger partial charge in [-0.2, -0.15) is 0 Å². The summed E-state index contributed by atoms with van der Waals surface area (Å²) >= 11 is 0. The Hall–Kier alpha value is -2.69. The van der Waals surface area contributed by atoms with Crippen molar-refractivity contribution in [2.24, 2.45) is 0 Å². The highest BCUT2D eigenvalue weighted by Gasteiger charge is 2.45. The molecule has 0 saturated heterocycles. The van der Waals surface area contributed by atoms with Gasteiger partial charge in [0.15, 0.2) is 0 Å². The van der Waals surface area contributed by atoms with Crippen LogP contribution in [0, 0.1) is 11.6 Å². The Balaban J connectivity index is 1.46. The first-order chi connectivity index (χ1) is 12.1. The minimum absolute atomic E-state index is 0.135. The van der Waals surface area contributed by atoms with Crippen molar-refractivity contribution in [3.8, 4) is 0 Å². The molecule has 1 aliphatic carbocycles. The van der Waals surface area contributed by atoms with Crippen LogP contribution in [-0.2, 0) is 16.6 Å². The molecule has 1 aromatic heterocycles. The summed E-state index contributed by atoms with van der Waals surface area (Å²) in [4.78, 5) is 15.4. The fourth-order valence-electron chi connectivity index (χ4n) is 3.39. The van der Waals surface area contributed by atoms with Gasteiger partial charge >= 0.3 is 0 Å². The Morgan fingerprint density at radius 3 is 2.68 bits per heavy atom. The van der Waals surface area contributed by atoms with Gasteiger partial charge in [-0.1, -0.05) is 12.1 Å². The Kier molecular flexibility index (Phi) is 3.79. The van der Waals surface area contributed by atoms with Crippen molar-refractivity contribution >= 4 is 16.8 Å². The second kappa shape index (κ2) is 5.99. The minimum Gasteiger partial charge on any atom is -0.361 e. The molecule has 1 amide bonds. The average molecular weight is 340 g/mol. The highest BCUT2D eigenvalue weighted by molar-refractivity contribution is 5.85. The molecule has 1 aliphatic rings. The van der Waals surface area contributed by atoms with Crippen LogP contribution in [0.15, 0.2) is 48.7 Å². The van der Waals surface area contributed by atoms with E-state index in [0.29, 0.717) is 12.1 Å². The zero-order valence-corrected chi connectivity index (χ0v) is 13.6. The lowest BCUT2D eigenvalue weighted by atomic mass is 9.95. The van der Waals surface area contributed by atoms with Gasteiger partial charge in [0.05, 0.1) is 6.42 Å². The van der Waals surface area contributed by atoms with Crippen LogP contribution in [0.5, 0.6) is 0 Å². The minimum atomic E-state index is -0.343. The summed E-state index contributed by atoms with van der Waals surface area (Å²) in [6.45, 7) is 0.505. The van der Waals surface area contributed by atoms with Gasteiger partial charge in [0.25, 0.3) is 0 Å². The molecule has 2 N–H and O–H groups in total. The summed E-state index contributed by atoms with van der Waals surface area (Å²) in [5.41, 5.74) is 2.46. The summed E-state index contributed by atoms with van der Waals surface area (Å²) in [5, 5.41) is 3.82. The molecule has 3 nitrogen and oxygen atoms in total. The smallest absolute Gasteiger partial charge is 0.224 e. The molecule has 128 valence electrons. The van der Waals surface area contributed by atoms with Crippen molar-refractivity contribution in [1.82, 2.24) is 10.3 Å². The zero-order valence-electron chi connectivity index (χ0n) is 13.6. The summed E-state index contributed by atoms with van der Waals surface area (Å²) in [6, 6.07) is 10.8. The average Bonchev–Trinajstić information content (AvgIpc) is 3.25. The number of nitrogens with one attached hydrogen (secondary N) is 2. The van der Waals surface area contributed by atoms with Gasteiger partial charge in [0, 0.05) is 29.1 Å². The number of benzene rings is 2. The third-order valence-electron chi connectivity index (χ3n) is 4.95. The first kappa shape index (κ1) is 15.8. The third-order valence-corrected chi connectivity index (χ3v) is 4.95. The van der Waals surface area contributed by atoms with E-state index in [1.807, 2.05) is 6.20 Å². The Morgan fingerprint density at radius 1 is 1.12 bits per heavy atom.